The van der Waals surface area contributed by atoms with Gasteiger partial charge in [-0.15, -0.1) is 0 Å². The van der Waals surface area contributed by atoms with Crippen molar-refractivity contribution in [1.29, 1.82) is 0 Å². The third-order valence-corrected chi connectivity index (χ3v) is 2.23. The Morgan fingerprint density at radius 2 is 2.13 bits per heavy atom. The first kappa shape index (κ1) is 12.0. The minimum Gasteiger partial charge on any atom is -0.465 e. The molecular weight excluding hydrogens is 190 g/mol. The smallest absolute Gasteiger partial charge is 0.197 e. The maximum absolute atomic E-state index is 9.42. The highest BCUT2D eigenvalue weighted by atomic mass is 16.6. The Balaban J connectivity index is 2.67. The van der Waals surface area contributed by atoms with E-state index in [0.29, 0.717) is 6.42 Å². The number of para-hydroxylation sites is 1. The van der Waals surface area contributed by atoms with Crippen molar-refractivity contribution in [2.24, 2.45) is 0 Å². The van der Waals surface area contributed by atoms with Crippen LogP contribution in [-0.2, 0) is 6.42 Å². The van der Waals surface area contributed by atoms with Crippen molar-refractivity contribution in [1.82, 2.24) is 5.32 Å². The van der Waals surface area contributed by atoms with E-state index in [2.05, 4.69) is 5.32 Å². The van der Waals surface area contributed by atoms with Gasteiger partial charge in [0.25, 0.3) is 0 Å². The topological polar surface area (TPSA) is 41.5 Å². The standard InChI is InChI=1S/C12H19NO2/c1-3-12(14)15-11-7-5-4-6-10(11)8-9-13-2/h4-7,12-14H,3,8-9H2,1-2H3. The van der Waals surface area contributed by atoms with Crippen molar-refractivity contribution in [3.05, 3.63) is 29.8 Å². The summed E-state index contributed by atoms with van der Waals surface area (Å²) in [5.41, 5.74) is 1.12. The molecule has 2 N–H and O–H groups in total. The molecule has 0 fully saturated rings. The van der Waals surface area contributed by atoms with E-state index in [1.807, 2.05) is 38.2 Å². The SMILES string of the molecule is CCC(O)Oc1ccccc1CCNC. The first-order valence-electron chi connectivity index (χ1n) is 5.35. The average molecular weight is 209 g/mol. The van der Waals surface area contributed by atoms with Gasteiger partial charge in [0.05, 0.1) is 0 Å². The van der Waals surface area contributed by atoms with Crippen molar-refractivity contribution in [2.45, 2.75) is 26.1 Å². The number of aliphatic hydroxyl groups is 1. The van der Waals surface area contributed by atoms with Gasteiger partial charge in [-0.2, -0.15) is 0 Å². The van der Waals surface area contributed by atoms with Crippen LogP contribution in [0.3, 0.4) is 0 Å². The summed E-state index contributed by atoms with van der Waals surface area (Å²) < 4.78 is 5.42. The zero-order valence-electron chi connectivity index (χ0n) is 9.36. The van der Waals surface area contributed by atoms with Gasteiger partial charge in [0.1, 0.15) is 5.75 Å². The zero-order chi connectivity index (χ0) is 11.1. The third-order valence-electron chi connectivity index (χ3n) is 2.23. The second-order valence-electron chi connectivity index (χ2n) is 3.44. The Bertz CT molecular complexity index is 289. The monoisotopic (exact) mass is 209 g/mol. The summed E-state index contributed by atoms with van der Waals surface area (Å²) in [6, 6.07) is 7.82. The highest BCUT2D eigenvalue weighted by Crippen LogP contribution is 2.19. The number of ether oxygens (including phenoxy) is 1. The second-order valence-corrected chi connectivity index (χ2v) is 3.44. The van der Waals surface area contributed by atoms with Crippen molar-refractivity contribution < 1.29 is 9.84 Å². The van der Waals surface area contributed by atoms with Crippen LogP contribution in [0.1, 0.15) is 18.9 Å². The zero-order valence-corrected chi connectivity index (χ0v) is 9.36. The Hall–Kier alpha value is -1.06. The number of rotatable bonds is 6. The molecule has 3 heteroatoms. The number of nitrogens with one attached hydrogen (secondary N) is 1. The number of likely N-dealkylation sites (N-methyl/N-ethyl adjacent to an activating group) is 1. The van der Waals surface area contributed by atoms with Crippen LogP contribution in [0.4, 0.5) is 0 Å². The van der Waals surface area contributed by atoms with Gasteiger partial charge in [-0.05, 0) is 31.6 Å². The van der Waals surface area contributed by atoms with E-state index in [4.69, 9.17) is 4.74 Å². The largest absolute Gasteiger partial charge is 0.465 e. The van der Waals surface area contributed by atoms with Gasteiger partial charge in [-0.1, -0.05) is 25.1 Å². The van der Waals surface area contributed by atoms with Gasteiger partial charge in [0.2, 0.25) is 0 Å². The molecule has 0 aliphatic heterocycles. The fourth-order valence-electron chi connectivity index (χ4n) is 1.31. The molecule has 0 aliphatic rings. The van der Waals surface area contributed by atoms with Crippen molar-refractivity contribution in [3.8, 4) is 5.75 Å². The van der Waals surface area contributed by atoms with E-state index >= 15 is 0 Å². The molecule has 1 aromatic rings. The van der Waals surface area contributed by atoms with E-state index in [9.17, 15) is 5.11 Å². The quantitative estimate of drug-likeness (QED) is 0.699. The van der Waals surface area contributed by atoms with Gasteiger partial charge in [0.15, 0.2) is 6.29 Å². The van der Waals surface area contributed by atoms with Crippen LogP contribution in [0, 0.1) is 0 Å². The van der Waals surface area contributed by atoms with Crippen LogP contribution in [0.25, 0.3) is 0 Å². The predicted molar refractivity (Wildman–Crippen MR) is 61.0 cm³/mol. The summed E-state index contributed by atoms with van der Waals surface area (Å²) in [5, 5.41) is 12.5. The molecule has 0 bridgehead atoms. The van der Waals surface area contributed by atoms with E-state index in [-0.39, 0.29) is 0 Å². The summed E-state index contributed by atoms with van der Waals surface area (Å²) in [5.74, 6) is 0.780. The van der Waals surface area contributed by atoms with Crippen LogP contribution >= 0.6 is 0 Å². The Morgan fingerprint density at radius 1 is 1.40 bits per heavy atom. The number of aliphatic hydroxyl groups excluding tert-OH is 1. The summed E-state index contributed by atoms with van der Waals surface area (Å²) in [6.45, 7) is 2.80. The molecule has 0 heterocycles. The average Bonchev–Trinajstić information content (AvgIpc) is 2.28. The normalized spacial score (nSPS) is 12.5. The lowest BCUT2D eigenvalue weighted by Gasteiger charge is -2.14. The lowest BCUT2D eigenvalue weighted by Crippen LogP contribution is -2.16. The van der Waals surface area contributed by atoms with Crippen molar-refractivity contribution in [2.75, 3.05) is 13.6 Å². The summed E-state index contributed by atoms with van der Waals surface area (Å²) in [7, 11) is 1.92. The lowest BCUT2D eigenvalue weighted by atomic mass is 10.1. The third kappa shape index (κ3) is 3.90. The molecule has 0 spiro atoms. The summed E-state index contributed by atoms with van der Waals surface area (Å²) in [6.07, 6.45) is 0.796. The molecule has 1 aromatic carbocycles. The number of hydrogen-bond acceptors (Lipinski definition) is 3. The van der Waals surface area contributed by atoms with Crippen LogP contribution in [0.15, 0.2) is 24.3 Å². The maximum atomic E-state index is 9.42. The van der Waals surface area contributed by atoms with Crippen LogP contribution < -0.4 is 10.1 Å². The van der Waals surface area contributed by atoms with Crippen LogP contribution in [0.2, 0.25) is 0 Å². The molecule has 0 amide bonds. The minimum atomic E-state index is -0.708. The molecule has 3 nitrogen and oxygen atoms in total. The number of benzene rings is 1. The fourth-order valence-corrected chi connectivity index (χ4v) is 1.31. The second kappa shape index (κ2) is 6.43. The van der Waals surface area contributed by atoms with Gasteiger partial charge in [-0.3, -0.25) is 0 Å². The molecule has 1 atom stereocenters. The molecule has 1 unspecified atom stereocenters. The minimum absolute atomic E-state index is 0.598. The van der Waals surface area contributed by atoms with E-state index in [0.717, 1.165) is 24.3 Å². The molecule has 0 aromatic heterocycles. The predicted octanol–water partition coefficient (Wildman–Crippen LogP) is 1.56. The van der Waals surface area contributed by atoms with Crippen LogP contribution in [0.5, 0.6) is 5.75 Å². The maximum Gasteiger partial charge on any atom is 0.197 e. The molecule has 84 valence electrons. The first-order chi connectivity index (χ1) is 7.27. The molecule has 1 rings (SSSR count). The van der Waals surface area contributed by atoms with Crippen LogP contribution in [-0.4, -0.2) is 25.0 Å². The molecule has 0 radical (unpaired) electrons. The number of hydrogen-bond donors (Lipinski definition) is 2. The summed E-state index contributed by atoms with van der Waals surface area (Å²) in [4.78, 5) is 0. The van der Waals surface area contributed by atoms with Gasteiger partial charge < -0.3 is 15.2 Å². The molecule has 0 saturated heterocycles. The first-order valence-corrected chi connectivity index (χ1v) is 5.35. The van der Waals surface area contributed by atoms with E-state index in [1.165, 1.54) is 0 Å². The van der Waals surface area contributed by atoms with Crippen molar-refractivity contribution >= 4 is 0 Å². The Labute approximate surface area is 91.1 Å². The lowest BCUT2D eigenvalue weighted by molar-refractivity contribution is -0.0197. The van der Waals surface area contributed by atoms with E-state index in [1.54, 1.807) is 0 Å². The van der Waals surface area contributed by atoms with E-state index < -0.39 is 6.29 Å². The molecule has 0 aliphatic carbocycles. The molecule has 0 saturated carbocycles. The van der Waals surface area contributed by atoms with Crippen molar-refractivity contribution in [3.63, 3.8) is 0 Å². The molecule has 15 heavy (non-hydrogen) atoms. The molecular formula is C12H19NO2. The van der Waals surface area contributed by atoms with Gasteiger partial charge in [-0.25, -0.2) is 0 Å². The van der Waals surface area contributed by atoms with Gasteiger partial charge >= 0.3 is 0 Å². The highest BCUT2D eigenvalue weighted by molar-refractivity contribution is 5.33. The summed E-state index contributed by atoms with van der Waals surface area (Å²) >= 11 is 0. The Kier molecular flexibility index (Phi) is 5.15. The fraction of sp³-hybridized carbons (Fsp3) is 0.500. The highest BCUT2D eigenvalue weighted by Gasteiger charge is 2.06. The Morgan fingerprint density at radius 3 is 2.80 bits per heavy atom. The van der Waals surface area contributed by atoms with Gasteiger partial charge in [0, 0.05) is 6.42 Å².